The Morgan fingerprint density at radius 3 is 2.50 bits per heavy atom. The number of hydrogen-bond donors (Lipinski definition) is 0. The number of carbonyl (C=O) groups is 1. The highest BCUT2D eigenvalue weighted by Gasteiger charge is 2.12. The molecule has 2 rings (SSSR count). The number of para-hydroxylation sites is 1. The lowest BCUT2D eigenvalue weighted by atomic mass is 10.1. The maximum absolute atomic E-state index is 11.8. The van der Waals surface area contributed by atoms with Crippen LogP contribution in [0.1, 0.15) is 28.4 Å². The maximum Gasteiger partial charge on any atom is 0.160 e. The van der Waals surface area contributed by atoms with Gasteiger partial charge in [-0.2, -0.15) is 0 Å². The van der Waals surface area contributed by atoms with Crippen molar-refractivity contribution in [1.29, 1.82) is 0 Å². The molecule has 0 fully saturated rings. The van der Waals surface area contributed by atoms with Crippen molar-refractivity contribution in [3.05, 3.63) is 53.1 Å². The monoisotopic (exact) mass is 286 g/mol. The average Bonchev–Trinajstić information content (AvgIpc) is 2.41. The van der Waals surface area contributed by atoms with Gasteiger partial charge in [0.2, 0.25) is 0 Å². The van der Waals surface area contributed by atoms with Crippen LogP contribution in [0.2, 0.25) is 0 Å². The maximum atomic E-state index is 11.8. The van der Waals surface area contributed by atoms with Crippen LogP contribution in [-0.2, 0) is 0 Å². The van der Waals surface area contributed by atoms with Crippen LogP contribution in [0.25, 0.3) is 0 Å². The third-order valence-corrected chi connectivity index (χ3v) is 4.61. The predicted molar refractivity (Wildman–Crippen MR) is 86.5 cm³/mol. The molecule has 0 bridgehead atoms. The molecule has 104 valence electrons. The molecule has 20 heavy (non-hydrogen) atoms. The van der Waals surface area contributed by atoms with Gasteiger partial charge in [0.1, 0.15) is 5.75 Å². The first-order chi connectivity index (χ1) is 9.52. The molecule has 0 aliphatic heterocycles. The number of aryl methyl sites for hydroxylation is 2. The Bertz CT molecular complexity index is 647. The van der Waals surface area contributed by atoms with Gasteiger partial charge in [-0.3, -0.25) is 4.79 Å². The number of rotatable bonds is 4. The molecule has 0 spiro atoms. The van der Waals surface area contributed by atoms with Gasteiger partial charge < -0.3 is 4.74 Å². The highest BCUT2D eigenvalue weighted by Crippen LogP contribution is 2.24. The van der Waals surface area contributed by atoms with Crippen LogP contribution in [-0.4, -0.2) is 12.9 Å². The molecule has 0 aromatic heterocycles. The van der Waals surface area contributed by atoms with Crippen LogP contribution in [0.3, 0.4) is 0 Å². The Labute approximate surface area is 122 Å². The Morgan fingerprint density at radius 1 is 1.10 bits per heavy atom. The van der Waals surface area contributed by atoms with E-state index in [1.54, 1.807) is 14.0 Å². The molecule has 0 heterocycles. The van der Waals surface area contributed by atoms with Crippen LogP contribution in [0.15, 0.2) is 36.4 Å². The van der Waals surface area contributed by atoms with Crippen LogP contribution in [0.4, 0.5) is 0 Å². The fourth-order valence-corrected chi connectivity index (χ4v) is 3.66. The van der Waals surface area contributed by atoms with Gasteiger partial charge in [-0.1, -0.05) is 44.5 Å². The average molecular weight is 286 g/mol. The van der Waals surface area contributed by atoms with Crippen molar-refractivity contribution in [2.24, 2.45) is 0 Å². The summed E-state index contributed by atoms with van der Waals surface area (Å²) in [5, 5.41) is 2.21. The van der Waals surface area contributed by atoms with Gasteiger partial charge >= 0.3 is 0 Å². The van der Waals surface area contributed by atoms with Crippen LogP contribution in [0.5, 0.6) is 5.75 Å². The van der Waals surface area contributed by atoms with Gasteiger partial charge in [-0.15, -0.1) is 0 Å². The number of methoxy groups -OCH3 is 1. The minimum Gasteiger partial charge on any atom is -0.496 e. The topological polar surface area (TPSA) is 26.3 Å². The summed E-state index contributed by atoms with van der Waals surface area (Å²) in [7, 11) is 2.11. The largest absolute Gasteiger partial charge is 0.496 e. The lowest BCUT2D eigenvalue weighted by Crippen LogP contribution is -2.14. The number of ketones is 1. The fourth-order valence-electron chi connectivity index (χ4n) is 2.23. The van der Waals surface area contributed by atoms with Crippen molar-refractivity contribution in [1.82, 2.24) is 0 Å². The van der Waals surface area contributed by atoms with E-state index in [1.807, 2.05) is 38.1 Å². The Balaban J connectivity index is 2.45. The Hall–Kier alpha value is -1.66. The molecule has 2 aromatic carbocycles. The van der Waals surface area contributed by atoms with Gasteiger partial charge in [0.15, 0.2) is 5.78 Å². The minimum absolute atomic E-state index is 0.114. The van der Waals surface area contributed by atoms with Gasteiger partial charge in [0.05, 0.1) is 7.11 Å². The molecule has 0 aliphatic rings. The summed E-state index contributed by atoms with van der Waals surface area (Å²) >= 11 is 0. The summed E-state index contributed by atoms with van der Waals surface area (Å²) in [6.45, 7) is 5.66. The first-order valence-electron chi connectivity index (χ1n) is 6.55. The zero-order valence-electron chi connectivity index (χ0n) is 12.3. The standard InChI is InChI=1S/C17H19O2P/c1-11-8-9-15(14(10-11)13(3)18)20-16-7-5-6-12(2)17(16)19-4/h5-10,20H,1-4H3. The second-order valence-corrected chi connectivity index (χ2v) is 6.21. The number of Topliss-reactive ketones (excluding diaryl/α,β-unsaturated/α-hetero) is 1. The van der Waals surface area contributed by atoms with Gasteiger partial charge in [-0.05, 0) is 37.7 Å². The minimum atomic E-state index is 0.114. The molecular formula is C17H19O2P. The molecule has 1 atom stereocenters. The Kier molecular flexibility index (Phi) is 4.57. The predicted octanol–water partition coefficient (Wildman–Crippen LogP) is 3.14. The van der Waals surface area contributed by atoms with E-state index in [-0.39, 0.29) is 5.78 Å². The van der Waals surface area contributed by atoms with Crippen molar-refractivity contribution in [2.75, 3.05) is 7.11 Å². The van der Waals surface area contributed by atoms with E-state index in [2.05, 4.69) is 12.1 Å². The molecule has 0 N–H and O–H groups in total. The van der Waals surface area contributed by atoms with E-state index in [9.17, 15) is 4.79 Å². The molecule has 2 aromatic rings. The molecule has 0 amide bonds. The Morgan fingerprint density at radius 2 is 1.85 bits per heavy atom. The summed E-state index contributed by atoms with van der Waals surface area (Å²) in [5.74, 6) is 1.03. The normalized spacial score (nSPS) is 11.0. The van der Waals surface area contributed by atoms with E-state index in [4.69, 9.17) is 4.74 Å². The van der Waals surface area contributed by atoms with Crippen molar-refractivity contribution in [3.63, 3.8) is 0 Å². The molecule has 3 heteroatoms. The first-order valence-corrected chi connectivity index (χ1v) is 7.55. The third kappa shape index (κ3) is 3.08. The van der Waals surface area contributed by atoms with Crippen molar-refractivity contribution >= 4 is 25.0 Å². The number of benzene rings is 2. The van der Waals surface area contributed by atoms with Gasteiger partial charge in [0.25, 0.3) is 0 Å². The smallest absolute Gasteiger partial charge is 0.160 e. The van der Waals surface area contributed by atoms with Crippen molar-refractivity contribution in [3.8, 4) is 5.75 Å². The van der Waals surface area contributed by atoms with Crippen molar-refractivity contribution < 1.29 is 9.53 Å². The number of carbonyl (C=O) groups excluding carboxylic acids is 1. The third-order valence-electron chi connectivity index (χ3n) is 3.24. The molecule has 2 nitrogen and oxygen atoms in total. The van der Waals surface area contributed by atoms with E-state index >= 15 is 0 Å². The molecular weight excluding hydrogens is 267 g/mol. The second-order valence-electron chi connectivity index (χ2n) is 4.89. The van der Waals surface area contributed by atoms with E-state index in [0.29, 0.717) is 8.58 Å². The lowest BCUT2D eigenvalue weighted by molar-refractivity contribution is 0.101. The van der Waals surface area contributed by atoms with Crippen molar-refractivity contribution in [2.45, 2.75) is 20.8 Å². The van der Waals surface area contributed by atoms with E-state index in [0.717, 1.165) is 33.0 Å². The second kappa shape index (κ2) is 6.19. The number of ether oxygens (including phenoxy) is 1. The fraction of sp³-hybridized carbons (Fsp3) is 0.235. The van der Waals surface area contributed by atoms with Crippen LogP contribution < -0.4 is 15.3 Å². The first kappa shape index (κ1) is 14.7. The highest BCUT2D eigenvalue weighted by molar-refractivity contribution is 7.56. The molecule has 0 radical (unpaired) electrons. The molecule has 1 unspecified atom stereocenters. The SMILES string of the molecule is COc1c(C)cccc1Pc1ccc(C)cc1C(C)=O. The summed E-state index contributed by atoms with van der Waals surface area (Å²) in [5.41, 5.74) is 3.04. The molecule has 0 aliphatic carbocycles. The number of hydrogen-bond acceptors (Lipinski definition) is 2. The zero-order chi connectivity index (χ0) is 14.7. The summed E-state index contributed by atoms with van der Waals surface area (Å²) in [6.07, 6.45) is 0. The van der Waals surface area contributed by atoms with Crippen LogP contribution in [0, 0.1) is 13.8 Å². The van der Waals surface area contributed by atoms with E-state index < -0.39 is 0 Å². The summed E-state index contributed by atoms with van der Waals surface area (Å²) in [6, 6.07) is 12.2. The molecule has 0 saturated carbocycles. The molecule has 0 saturated heterocycles. The zero-order valence-corrected chi connectivity index (χ0v) is 13.3. The van der Waals surface area contributed by atoms with Gasteiger partial charge in [-0.25, -0.2) is 0 Å². The van der Waals surface area contributed by atoms with Crippen LogP contribution >= 0.6 is 8.58 Å². The summed E-state index contributed by atoms with van der Waals surface area (Å²) < 4.78 is 5.49. The van der Waals surface area contributed by atoms with E-state index in [1.165, 1.54) is 0 Å². The lowest BCUT2D eigenvalue weighted by Gasteiger charge is -2.13. The summed E-state index contributed by atoms with van der Waals surface area (Å²) in [4.78, 5) is 11.8. The quantitative estimate of drug-likeness (QED) is 0.637. The van der Waals surface area contributed by atoms with Gasteiger partial charge in [0, 0.05) is 10.9 Å². The highest BCUT2D eigenvalue weighted by atomic mass is 31.1.